The second kappa shape index (κ2) is 5.47. The zero-order chi connectivity index (χ0) is 15.9. The maximum atomic E-state index is 14.0. The fourth-order valence-corrected chi connectivity index (χ4v) is 3.82. The van der Waals surface area contributed by atoms with Crippen LogP contribution >= 0.6 is 11.6 Å². The zero-order valence-electron chi connectivity index (χ0n) is 12.4. The van der Waals surface area contributed by atoms with Gasteiger partial charge in [0.1, 0.15) is 5.75 Å². The summed E-state index contributed by atoms with van der Waals surface area (Å²) >= 11 is 6.15. The number of fused-ring (bicyclic) bond motifs is 1. The molecule has 0 bridgehead atoms. The number of phenolic OH excluding ortho intramolecular Hbond substituents is 2. The van der Waals surface area contributed by atoms with E-state index in [1.807, 2.05) is 6.07 Å². The summed E-state index contributed by atoms with van der Waals surface area (Å²) in [6, 6.07) is 8.50. The Morgan fingerprint density at radius 2 is 1.91 bits per heavy atom. The fraction of sp³-hybridized carbons (Fsp3) is 0.333. The molecule has 116 valence electrons. The van der Waals surface area contributed by atoms with E-state index >= 15 is 0 Å². The number of halogens is 2. The molecule has 0 spiro atoms. The standard InChI is InChI=1S/C18H18ClFO2/c1-18(14-6-7-15(22)17(20)16(14)19)8-2-3-11-9-13(21)5-4-12(11)10-18/h4-7,9,21-22H,2-3,8,10H2,1H3. The molecule has 0 radical (unpaired) electrons. The van der Waals surface area contributed by atoms with Gasteiger partial charge in [-0.3, -0.25) is 0 Å². The summed E-state index contributed by atoms with van der Waals surface area (Å²) in [5, 5.41) is 19.1. The zero-order valence-corrected chi connectivity index (χ0v) is 13.1. The van der Waals surface area contributed by atoms with Gasteiger partial charge in [0.15, 0.2) is 11.6 Å². The van der Waals surface area contributed by atoms with Crippen molar-refractivity contribution >= 4 is 11.6 Å². The van der Waals surface area contributed by atoms with Gasteiger partial charge in [-0.2, -0.15) is 0 Å². The lowest BCUT2D eigenvalue weighted by Gasteiger charge is -2.30. The maximum Gasteiger partial charge on any atom is 0.183 e. The van der Waals surface area contributed by atoms with E-state index in [0.717, 1.165) is 42.4 Å². The highest BCUT2D eigenvalue weighted by Crippen LogP contribution is 2.42. The molecule has 0 saturated heterocycles. The van der Waals surface area contributed by atoms with Gasteiger partial charge in [-0.05, 0) is 66.0 Å². The number of aromatic hydroxyl groups is 2. The van der Waals surface area contributed by atoms with Crippen molar-refractivity contribution in [1.29, 1.82) is 0 Å². The minimum Gasteiger partial charge on any atom is -0.508 e. The van der Waals surface area contributed by atoms with Crippen LogP contribution in [0, 0.1) is 5.82 Å². The van der Waals surface area contributed by atoms with Gasteiger partial charge in [0.2, 0.25) is 0 Å². The normalized spacial score (nSPS) is 21.2. The third-order valence-electron chi connectivity index (χ3n) is 4.66. The van der Waals surface area contributed by atoms with Crippen LogP contribution in [0.15, 0.2) is 30.3 Å². The van der Waals surface area contributed by atoms with Gasteiger partial charge < -0.3 is 10.2 Å². The average Bonchev–Trinajstić information content (AvgIpc) is 2.63. The van der Waals surface area contributed by atoms with Crippen LogP contribution in [0.4, 0.5) is 4.39 Å². The highest BCUT2D eigenvalue weighted by atomic mass is 35.5. The van der Waals surface area contributed by atoms with Crippen LogP contribution in [0.5, 0.6) is 11.5 Å². The van der Waals surface area contributed by atoms with Crippen LogP contribution in [0.1, 0.15) is 36.5 Å². The van der Waals surface area contributed by atoms with Crippen LogP contribution in [0.2, 0.25) is 5.02 Å². The van der Waals surface area contributed by atoms with Gasteiger partial charge in [0.25, 0.3) is 0 Å². The Labute approximate surface area is 134 Å². The van der Waals surface area contributed by atoms with Gasteiger partial charge in [-0.1, -0.05) is 30.7 Å². The van der Waals surface area contributed by atoms with Crippen LogP contribution in [0.3, 0.4) is 0 Å². The van der Waals surface area contributed by atoms with Crippen molar-refractivity contribution in [3.63, 3.8) is 0 Å². The summed E-state index contributed by atoms with van der Waals surface area (Å²) in [6.07, 6.45) is 3.42. The summed E-state index contributed by atoms with van der Waals surface area (Å²) in [5.41, 5.74) is 2.72. The molecular weight excluding hydrogens is 303 g/mol. The molecule has 1 atom stereocenters. The van der Waals surface area contributed by atoms with Gasteiger partial charge in [-0.15, -0.1) is 0 Å². The lowest BCUT2D eigenvalue weighted by Crippen LogP contribution is -2.25. The van der Waals surface area contributed by atoms with Crippen LogP contribution in [0.25, 0.3) is 0 Å². The van der Waals surface area contributed by atoms with E-state index < -0.39 is 11.6 Å². The van der Waals surface area contributed by atoms with E-state index in [-0.39, 0.29) is 16.2 Å². The van der Waals surface area contributed by atoms with Crippen molar-refractivity contribution in [2.75, 3.05) is 0 Å². The second-order valence-electron chi connectivity index (χ2n) is 6.30. The summed E-state index contributed by atoms with van der Waals surface area (Å²) in [4.78, 5) is 0. The highest BCUT2D eigenvalue weighted by Gasteiger charge is 2.33. The van der Waals surface area contributed by atoms with Crippen molar-refractivity contribution in [2.24, 2.45) is 0 Å². The van der Waals surface area contributed by atoms with Crippen LogP contribution in [-0.4, -0.2) is 10.2 Å². The minimum absolute atomic E-state index is 0.00438. The topological polar surface area (TPSA) is 40.5 Å². The van der Waals surface area contributed by atoms with E-state index in [2.05, 4.69) is 6.92 Å². The molecule has 2 aromatic rings. The molecular formula is C18H18ClFO2. The predicted molar refractivity (Wildman–Crippen MR) is 85.2 cm³/mol. The van der Waals surface area contributed by atoms with Crippen LogP contribution in [-0.2, 0) is 18.3 Å². The van der Waals surface area contributed by atoms with E-state index in [1.54, 1.807) is 18.2 Å². The number of phenols is 2. The smallest absolute Gasteiger partial charge is 0.183 e. The van der Waals surface area contributed by atoms with Crippen molar-refractivity contribution in [2.45, 2.75) is 38.0 Å². The summed E-state index contributed by atoms with van der Waals surface area (Å²) in [5.74, 6) is -0.900. The van der Waals surface area contributed by atoms with Crippen LogP contribution < -0.4 is 0 Å². The molecule has 1 unspecified atom stereocenters. The van der Waals surface area contributed by atoms with Crippen molar-refractivity contribution in [3.05, 3.63) is 57.9 Å². The Kier molecular flexibility index (Phi) is 3.77. The number of benzene rings is 2. The molecule has 3 rings (SSSR count). The molecule has 1 aliphatic rings. The molecule has 0 saturated carbocycles. The Morgan fingerprint density at radius 3 is 2.68 bits per heavy atom. The largest absolute Gasteiger partial charge is 0.508 e. The summed E-state index contributed by atoms with van der Waals surface area (Å²) in [6.45, 7) is 2.08. The Hall–Kier alpha value is -1.74. The number of hydrogen-bond acceptors (Lipinski definition) is 2. The fourth-order valence-electron chi connectivity index (χ4n) is 3.43. The average molecular weight is 321 g/mol. The van der Waals surface area contributed by atoms with Gasteiger partial charge >= 0.3 is 0 Å². The highest BCUT2D eigenvalue weighted by molar-refractivity contribution is 6.31. The van der Waals surface area contributed by atoms with Gasteiger partial charge in [-0.25, -0.2) is 4.39 Å². The molecule has 0 aromatic heterocycles. The predicted octanol–water partition coefficient (Wildman–Crippen LogP) is 4.73. The monoisotopic (exact) mass is 320 g/mol. The van der Waals surface area contributed by atoms with Crippen molar-refractivity contribution < 1.29 is 14.6 Å². The molecule has 0 heterocycles. The molecule has 0 fully saturated rings. The SMILES string of the molecule is CC1(c2ccc(O)c(F)c2Cl)CCCc2cc(O)ccc2C1. The molecule has 0 aliphatic heterocycles. The first-order chi connectivity index (χ1) is 10.4. The third-order valence-corrected chi connectivity index (χ3v) is 5.03. The molecule has 2 nitrogen and oxygen atoms in total. The lowest BCUT2D eigenvalue weighted by molar-refractivity contribution is 0.412. The number of aryl methyl sites for hydroxylation is 1. The molecule has 1 aliphatic carbocycles. The van der Waals surface area contributed by atoms with Gasteiger partial charge in [0.05, 0.1) is 5.02 Å². The molecule has 0 amide bonds. The quantitative estimate of drug-likeness (QED) is 0.746. The number of hydrogen-bond donors (Lipinski definition) is 2. The molecule has 2 N–H and O–H groups in total. The Bertz CT molecular complexity index is 729. The maximum absolute atomic E-state index is 14.0. The second-order valence-corrected chi connectivity index (χ2v) is 6.68. The van der Waals surface area contributed by atoms with E-state index in [0.29, 0.717) is 0 Å². The van der Waals surface area contributed by atoms with E-state index in [1.165, 1.54) is 6.07 Å². The van der Waals surface area contributed by atoms with Crippen molar-refractivity contribution in [3.8, 4) is 11.5 Å². The molecule has 4 heteroatoms. The summed E-state index contributed by atoms with van der Waals surface area (Å²) < 4.78 is 14.0. The van der Waals surface area contributed by atoms with E-state index in [4.69, 9.17) is 11.6 Å². The van der Waals surface area contributed by atoms with Crippen molar-refractivity contribution in [1.82, 2.24) is 0 Å². The van der Waals surface area contributed by atoms with Gasteiger partial charge in [0, 0.05) is 0 Å². The third kappa shape index (κ3) is 2.54. The lowest BCUT2D eigenvalue weighted by atomic mass is 9.75. The molecule has 22 heavy (non-hydrogen) atoms. The molecule has 2 aromatic carbocycles. The van der Waals surface area contributed by atoms with E-state index in [9.17, 15) is 14.6 Å². The minimum atomic E-state index is -0.754. The first-order valence-corrected chi connectivity index (χ1v) is 7.77. The summed E-state index contributed by atoms with van der Waals surface area (Å²) in [7, 11) is 0. The Morgan fingerprint density at radius 1 is 1.14 bits per heavy atom. The Balaban J connectivity index is 2.06. The first-order valence-electron chi connectivity index (χ1n) is 7.39. The first kappa shape index (κ1) is 15.2. The number of rotatable bonds is 1.